The maximum Gasteiger partial charge on any atom is 0.406 e. The van der Waals surface area contributed by atoms with Crippen LogP contribution in [0.5, 0.6) is 5.75 Å². The minimum atomic E-state index is -4.46. The van der Waals surface area contributed by atoms with E-state index in [4.69, 9.17) is 4.74 Å². The van der Waals surface area contributed by atoms with Gasteiger partial charge in [-0.05, 0) is 50.8 Å². The predicted molar refractivity (Wildman–Crippen MR) is 108 cm³/mol. The smallest absolute Gasteiger partial charge is 0.406 e. The number of ether oxygens (including phenoxy) is 1. The first-order chi connectivity index (χ1) is 14.1. The second-order valence-electron chi connectivity index (χ2n) is 7.67. The van der Waals surface area contributed by atoms with Crippen LogP contribution in [0.4, 0.5) is 18.9 Å². The van der Waals surface area contributed by atoms with Crippen LogP contribution >= 0.6 is 0 Å². The Hall–Kier alpha value is -2.29. The number of carbonyl (C=O) groups excluding carboxylic acids is 2. The number of nitrogens with zero attached hydrogens (tertiary/aromatic N) is 2. The highest BCUT2D eigenvalue weighted by Gasteiger charge is 2.40. The molecule has 0 radical (unpaired) electrons. The van der Waals surface area contributed by atoms with Gasteiger partial charge in [-0.2, -0.15) is 13.2 Å². The molecule has 6 nitrogen and oxygen atoms in total. The lowest BCUT2D eigenvalue weighted by atomic mass is 10.1. The Balaban J connectivity index is 2.03. The van der Waals surface area contributed by atoms with Crippen molar-refractivity contribution < 1.29 is 27.5 Å². The summed E-state index contributed by atoms with van der Waals surface area (Å²) < 4.78 is 44.3. The van der Waals surface area contributed by atoms with Gasteiger partial charge in [0.25, 0.3) is 0 Å². The number of alkyl halides is 3. The van der Waals surface area contributed by atoms with E-state index in [1.165, 1.54) is 7.11 Å². The zero-order valence-corrected chi connectivity index (χ0v) is 17.7. The average Bonchev–Trinajstić information content (AvgIpc) is 3.50. The number of methoxy groups -OCH3 is 1. The molecule has 9 heteroatoms. The molecule has 0 spiro atoms. The van der Waals surface area contributed by atoms with Gasteiger partial charge in [0, 0.05) is 6.04 Å². The van der Waals surface area contributed by atoms with Gasteiger partial charge in [-0.25, -0.2) is 0 Å². The summed E-state index contributed by atoms with van der Waals surface area (Å²) in [5.74, 6) is -0.355. The average molecular weight is 429 g/mol. The predicted octanol–water partition coefficient (Wildman–Crippen LogP) is 3.54. The summed E-state index contributed by atoms with van der Waals surface area (Å²) in [5, 5.41) is 2.73. The lowest BCUT2D eigenvalue weighted by Gasteiger charge is -2.32. The van der Waals surface area contributed by atoms with E-state index in [0.29, 0.717) is 24.4 Å². The van der Waals surface area contributed by atoms with Crippen molar-refractivity contribution in [1.82, 2.24) is 9.80 Å². The maximum atomic E-state index is 13.0. The standard InChI is InChI=1S/C21H30F3N3O3/c1-4-11-26(12-19(28)25-17-7-5-6-8-18(17)30-3)13-20(29)27(14-21(22,23)24)15(2)16-9-10-16/h5-8,15-16H,4,9-14H2,1-3H3,(H,25,28). The van der Waals surface area contributed by atoms with E-state index < -0.39 is 24.7 Å². The second kappa shape index (κ2) is 10.7. The van der Waals surface area contributed by atoms with Gasteiger partial charge in [-0.3, -0.25) is 14.5 Å². The number of anilines is 1. The van der Waals surface area contributed by atoms with Gasteiger partial charge >= 0.3 is 6.18 Å². The summed E-state index contributed by atoms with van der Waals surface area (Å²) in [6.07, 6.45) is -2.13. The Morgan fingerprint density at radius 1 is 1.23 bits per heavy atom. The molecule has 1 atom stereocenters. The minimum Gasteiger partial charge on any atom is -0.495 e. The highest BCUT2D eigenvalue weighted by molar-refractivity contribution is 5.94. The molecule has 1 fully saturated rings. The normalized spacial score (nSPS) is 15.0. The van der Waals surface area contributed by atoms with Gasteiger partial charge in [0.2, 0.25) is 11.8 Å². The van der Waals surface area contributed by atoms with Crippen molar-refractivity contribution in [3.63, 3.8) is 0 Å². The van der Waals surface area contributed by atoms with Crippen LogP contribution in [0.15, 0.2) is 24.3 Å². The Morgan fingerprint density at radius 2 is 1.90 bits per heavy atom. The van der Waals surface area contributed by atoms with Crippen LogP contribution in [0.25, 0.3) is 0 Å². The molecular weight excluding hydrogens is 399 g/mol. The molecule has 0 bridgehead atoms. The zero-order valence-electron chi connectivity index (χ0n) is 17.7. The summed E-state index contributed by atoms with van der Waals surface area (Å²) >= 11 is 0. The van der Waals surface area contributed by atoms with E-state index >= 15 is 0 Å². The Bertz CT molecular complexity index is 723. The van der Waals surface area contributed by atoms with Gasteiger partial charge in [0.1, 0.15) is 12.3 Å². The molecule has 30 heavy (non-hydrogen) atoms. The minimum absolute atomic E-state index is 0.102. The van der Waals surface area contributed by atoms with Crippen LogP contribution in [0, 0.1) is 5.92 Å². The van der Waals surface area contributed by atoms with Gasteiger partial charge in [-0.15, -0.1) is 0 Å². The van der Waals surface area contributed by atoms with Crippen molar-refractivity contribution in [2.45, 2.75) is 45.3 Å². The molecule has 1 N–H and O–H groups in total. The number of hydrogen-bond acceptors (Lipinski definition) is 4. The first-order valence-electron chi connectivity index (χ1n) is 10.2. The topological polar surface area (TPSA) is 61.9 Å². The second-order valence-corrected chi connectivity index (χ2v) is 7.67. The fourth-order valence-corrected chi connectivity index (χ4v) is 3.44. The van der Waals surface area contributed by atoms with Crippen molar-refractivity contribution in [3.8, 4) is 5.75 Å². The number of hydrogen-bond donors (Lipinski definition) is 1. The number of benzene rings is 1. The molecule has 0 heterocycles. The van der Waals surface area contributed by atoms with Crippen molar-refractivity contribution in [1.29, 1.82) is 0 Å². The molecule has 1 unspecified atom stereocenters. The summed E-state index contributed by atoms with van der Waals surface area (Å²) in [6, 6.07) is 6.45. The summed E-state index contributed by atoms with van der Waals surface area (Å²) in [7, 11) is 1.49. The molecule has 168 valence electrons. The third-order valence-electron chi connectivity index (χ3n) is 5.11. The molecule has 1 aromatic rings. The molecular formula is C21H30F3N3O3. The highest BCUT2D eigenvalue weighted by atomic mass is 19.4. The van der Waals surface area contributed by atoms with Crippen LogP contribution < -0.4 is 10.1 Å². The summed E-state index contributed by atoms with van der Waals surface area (Å²) in [4.78, 5) is 27.7. The van der Waals surface area contributed by atoms with Gasteiger partial charge in [-0.1, -0.05) is 19.1 Å². The molecule has 1 saturated carbocycles. The lowest BCUT2D eigenvalue weighted by Crippen LogP contribution is -2.50. The van der Waals surface area contributed by atoms with Crippen LogP contribution in [0.2, 0.25) is 0 Å². The fraction of sp³-hybridized carbons (Fsp3) is 0.619. The lowest BCUT2D eigenvalue weighted by molar-refractivity contribution is -0.166. The molecule has 1 aromatic carbocycles. The SMILES string of the molecule is CCCN(CC(=O)Nc1ccccc1OC)CC(=O)N(CC(F)(F)F)C(C)C1CC1. The number of halogens is 3. The number of carbonyl (C=O) groups is 2. The number of para-hydroxylation sites is 2. The first kappa shape index (κ1) is 24.0. The van der Waals surface area contributed by atoms with E-state index in [0.717, 1.165) is 17.7 Å². The molecule has 2 rings (SSSR count). The third kappa shape index (κ3) is 7.51. The fourth-order valence-electron chi connectivity index (χ4n) is 3.44. The van der Waals surface area contributed by atoms with Gasteiger partial charge in [0.15, 0.2) is 0 Å². The van der Waals surface area contributed by atoms with Crippen LogP contribution in [-0.4, -0.2) is 67.1 Å². The molecule has 2 amide bonds. The zero-order chi connectivity index (χ0) is 22.3. The maximum absolute atomic E-state index is 13.0. The first-order valence-corrected chi connectivity index (χ1v) is 10.2. The van der Waals surface area contributed by atoms with Gasteiger partial charge < -0.3 is 15.0 Å². The summed E-state index contributed by atoms with van der Waals surface area (Å²) in [5.41, 5.74) is 0.494. The quantitative estimate of drug-likeness (QED) is 0.585. The molecule has 1 aliphatic carbocycles. The van der Waals surface area contributed by atoms with Crippen molar-refractivity contribution in [2.24, 2.45) is 5.92 Å². The van der Waals surface area contributed by atoms with Crippen LogP contribution in [0.1, 0.15) is 33.1 Å². The Labute approximate surface area is 175 Å². The number of nitrogens with one attached hydrogen (secondary N) is 1. The van der Waals surface area contributed by atoms with Crippen molar-refractivity contribution in [2.75, 3.05) is 38.6 Å². The Kier molecular flexibility index (Phi) is 8.52. The monoisotopic (exact) mass is 429 g/mol. The molecule has 0 saturated heterocycles. The van der Waals surface area contributed by atoms with E-state index in [1.807, 2.05) is 6.92 Å². The van der Waals surface area contributed by atoms with E-state index in [2.05, 4.69) is 5.32 Å². The third-order valence-corrected chi connectivity index (χ3v) is 5.11. The molecule has 0 aromatic heterocycles. The molecule has 0 aliphatic heterocycles. The van der Waals surface area contributed by atoms with Gasteiger partial charge in [0.05, 0.1) is 25.9 Å². The highest BCUT2D eigenvalue weighted by Crippen LogP contribution is 2.36. The van der Waals surface area contributed by atoms with Crippen molar-refractivity contribution in [3.05, 3.63) is 24.3 Å². The summed E-state index contributed by atoms with van der Waals surface area (Å²) in [6.45, 7) is 2.37. The molecule has 1 aliphatic rings. The van der Waals surface area contributed by atoms with Crippen molar-refractivity contribution >= 4 is 17.5 Å². The van der Waals surface area contributed by atoms with Crippen LogP contribution in [-0.2, 0) is 9.59 Å². The van der Waals surface area contributed by atoms with Crippen LogP contribution in [0.3, 0.4) is 0 Å². The number of rotatable bonds is 11. The largest absolute Gasteiger partial charge is 0.495 e. The van der Waals surface area contributed by atoms with E-state index in [1.54, 1.807) is 36.1 Å². The van der Waals surface area contributed by atoms with E-state index in [9.17, 15) is 22.8 Å². The Morgan fingerprint density at radius 3 is 2.47 bits per heavy atom. The van der Waals surface area contributed by atoms with E-state index in [-0.39, 0.29) is 24.9 Å². The number of amides is 2.